The second-order valence-electron chi connectivity index (χ2n) is 11.5. The molecule has 9 aromatic rings. The highest BCUT2D eigenvalue weighted by Gasteiger charge is 2.19. The van der Waals surface area contributed by atoms with Crippen LogP contribution < -0.4 is 0 Å². The maximum absolute atomic E-state index is 5.70. The van der Waals surface area contributed by atoms with Crippen LogP contribution in [0, 0.1) is 0 Å². The van der Waals surface area contributed by atoms with E-state index < -0.39 is 0 Å². The highest BCUT2D eigenvalue weighted by Crippen LogP contribution is 2.46. The summed E-state index contributed by atoms with van der Waals surface area (Å²) < 4.78 is 11.4. The molecule has 0 saturated carbocycles. The molecule has 0 unspecified atom stereocenters. The molecular weight excluding hydrogens is 564 g/mol. The molecule has 0 amide bonds. The molecule has 0 bridgehead atoms. The number of nitrogens with zero attached hydrogens (tertiary/aromatic N) is 2. The molecule has 0 aliphatic carbocycles. The predicted octanol–water partition coefficient (Wildman–Crippen LogP) is 11.5. The van der Waals surface area contributed by atoms with Gasteiger partial charge in [-0.3, -0.25) is 0 Å². The fraction of sp³-hybridized carbons (Fsp3) is 0. The number of rotatable bonds is 5. The summed E-state index contributed by atoms with van der Waals surface area (Å²) in [5.41, 5.74) is 8.97. The first-order valence-electron chi connectivity index (χ1n) is 15.3. The summed E-state index contributed by atoms with van der Waals surface area (Å²) in [4.78, 5) is 8.32. The van der Waals surface area contributed by atoms with Crippen LogP contribution in [0.15, 0.2) is 167 Å². The normalized spacial score (nSPS) is 11.5. The van der Waals surface area contributed by atoms with Gasteiger partial charge in [0.15, 0.2) is 24.3 Å². The van der Waals surface area contributed by atoms with Gasteiger partial charge in [0.05, 0.1) is 12.4 Å². The van der Waals surface area contributed by atoms with Crippen LogP contribution in [0.5, 0.6) is 0 Å². The molecule has 46 heavy (non-hydrogen) atoms. The third kappa shape index (κ3) is 4.31. The molecule has 0 atom stereocenters. The average Bonchev–Trinajstić information content (AvgIpc) is 3.86. The minimum Gasteiger partial charge on any atom is -0.444 e. The van der Waals surface area contributed by atoms with Gasteiger partial charge in [0.2, 0.25) is 0 Å². The van der Waals surface area contributed by atoms with E-state index in [0.717, 1.165) is 33.8 Å². The van der Waals surface area contributed by atoms with Crippen molar-refractivity contribution in [1.82, 2.24) is 9.97 Å². The molecule has 0 radical (unpaired) electrons. The summed E-state index contributed by atoms with van der Waals surface area (Å²) in [5, 5.41) is 7.18. The van der Waals surface area contributed by atoms with Gasteiger partial charge in [0, 0.05) is 11.1 Å². The first-order chi connectivity index (χ1) is 22.8. The lowest BCUT2D eigenvalue weighted by Crippen LogP contribution is -1.92. The summed E-state index contributed by atoms with van der Waals surface area (Å²) in [6.45, 7) is 0. The van der Waals surface area contributed by atoms with Crippen LogP contribution in [-0.4, -0.2) is 9.97 Å². The Kier molecular flexibility index (Phi) is 6.10. The third-order valence-corrected chi connectivity index (χ3v) is 8.86. The van der Waals surface area contributed by atoms with Crippen molar-refractivity contribution in [3.8, 4) is 56.0 Å². The zero-order valence-corrected chi connectivity index (χ0v) is 24.7. The van der Waals surface area contributed by atoms with Crippen molar-refractivity contribution in [1.29, 1.82) is 0 Å². The smallest absolute Gasteiger partial charge is 0.181 e. The van der Waals surface area contributed by atoms with E-state index in [4.69, 9.17) is 8.83 Å². The summed E-state index contributed by atoms with van der Waals surface area (Å²) in [6.07, 6.45) is 6.48. The van der Waals surface area contributed by atoms with Gasteiger partial charge in [-0.1, -0.05) is 115 Å². The molecule has 4 heteroatoms. The van der Waals surface area contributed by atoms with Gasteiger partial charge < -0.3 is 8.83 Å². The van der Waals surface area contributed by atoms with Crippen molar-refractivity contribution in [3.63, 3.8) is 0 Å². The van der Waals surface area contributed by atoms with Gasteiger partial charge >= 0.3 is 0 Å². The lowest BCUT2D eigenvalue weighted by atomic mass is 9.84. The first-order valence-corrected chi connectivity index (χ1v) is 15.3. The van der Waals surface area contributed by atoms with E-state index in [2.05, 4.69) is 143 Å². The maximum Gasteiger partial charge on any atom is 0.181 e. The fourth-order valence-electron chi connectivity index (χ4n) is 6.82. The molecule has 2 heterocycles. The molecule has 4 nitrogen and oxygen atoms in total. The summed E-state index contributed by atoms with van der Waals surface area (Å²) >= 11 is 0. The second kappa shape index (κ2) is 10.7. The van der Waals surface area contributed by atoms with E-state index >= 15 is 0 Å². The monoisotopic (exact) mass is 590 g/mol. The Morgan fingerprint density at radius 2 is 0.891 bits per heavy atom. The average molecular weight is 591 g/mol. The number of fused-ring (bicyclic) bond motifs is 3. The van der Waals surface area contributed by atoms with E-state index in [-0.39, 0.29) is 0 Å². The largest absolute Gasteiger partial charge is 0.444 e. The first kappa shape index (κ1) is 26.2. The second-order valence-corrected chi connectivity index (χ2v) is 11.5. The van der Waals surface area contributed by atoms with Gasteiger partial charge in [-0.2, -0.15) is 0 Å². The van der Waals surface area contributed by atoms with Crippen LogP contribution in [0.25, 0.3) is 88.3 Å². The van der Waals surface area contributed by atoms with Crippen molar-refractivity contribution >= 4 is 32.3 Å². The van der Waals surface area contributed by atoms with Crippen molar-refractivity contribution < 1.29 is 8.83 Å². The molecule has 0 saturated heterocycles. The molecule has 2 aromatic heterocycles. The summed E-state index contributed by atoms with van der Waals surface area (Å²) in [7, 11) is 0. The summed E-state index contributed by atoms with van der Waals surface area (Å²) in [6, 6.07) is 47.9. The van der Waals surface area contributed by atoms with E-state index in [1.165, 1.54) is 67.4 Å². The van der Waals surface area contributed by atoms with Gasteiger partial charge in [0.1, 0.15) is 0 Å². The lowest BCUT2D eigenvalue weighted by Gasteiger charge is -2.19. The topological polar surface area (TPSA) is 52.1 Å². The standard InChI is InChI=1S/C42H26N2O2/c1-2-14-33-27(8-1)9-7-17-34(33)28-18-19-37-38(22-28)42(32-13-6-11-30(21-32)40-24-44-26-46-40)36-16-4-3-15-35(36)41(37)31-12-5-10-29(20-31)39-23-43-25-45-39/h1-26H. The molecule has 216 valence electrons. The SMILES string of the molecule is c1cc(-c2cnco2)cc(-c2c3ccccc3c(-c3cccc(-c4cnco4)c3)c3cc(-c4cccc5ccccc45)ccc23)c1. The van der Waals surface area contributed by atoms with Crippen molar-refractivity contribution in [2.75, 3.05) is 0 Å². The zero-order valence-electron chi connectivity index (χ0n) is 24.7. The number of hydrogen-bond acceptors (Lipinski definition) is 4. The van der Waals surface area contributed by atoms with Crippen LogP contribution in [0.3, 0.4) is 0 Å². The van der Waals surface area contributed by atoms with Crippen molar-refractivity contribution in [3.05, 3.63) is 159 Å². The third-order valence-electron chi connectivity index (χ3n) is 8.86. The van der Waals surface area contributed by atoms with Gasteiger partial charge in [-0.25, -0.2) is 9.97 Å². The predicted molar refractivity (Wildman–Crippen MR) is 186 cm³/mol. The van der Waals surface area contributed by atoms with Crippen LogP contribution >= 0.6 is 0 Å². The van der Waals surface area contributed by atoms with Crippen LogP contribution in [0.2, 0.25) is 0 Å². The molecule has 0 spiro atoms. The zero-order chi connectivity index (χ0) is 30.5. The number of aromatic nitrogens is 2. The minimum absolute atomic E-state index is 0.743. The molecule has 0 fully saturated rings. The molecule has 0 aliphatic heterocycles. The maximum atomic E-state index is 5.70. The van der Waals surface area contributed by atoms with Crippen molar-refractivity contribution in [2.45, 2.75) is 0 Å². The van der Waals surface area contributed by atoms with Crippen molar-refractivity contribution in [2.24, 2.45) is 0 Å². The fourth-order valence-corrected chi connectivity index (χ4v) is 6.82. The number of oxazole rings is 2. The quantitative estimate of drug-likeness (QED) is 0.187. The minimum atomic E-state index is 0.743. The Hall–Kier alpha value is -6.26. The van der Waals surface area contributed by atoms with Gasteiger partial charge in [-0.15, -0.1) is 0 Å². The molecular formula is C42H26N2O2. The van der Waals surface area contributed by atoms with Crippen LogP contribution in [0.1, 0.15) is 0 Å². The Morgan fingerprint density at radius 3 is 1.52 bits per heavy atom. The van der Waals surface area contributed by atoms with E-state index in [1.54, 1.807) is 12.4 Å². The molecule has 0 aliphatic rings. The Morgan fingerprint density at radius 1 is 0.370 bits per heavy atom. The Bertz CT molecular complexity index is 2520. The van der Waals surface area contributed by atoms with Crippen LogP contribution in [0.4, 0.5) is 0 Å². The van der Waals surface area contributed by atoms with E-state index in [0.29, 0.717) is 0 Å². The highest BCUT2D eigenvalue weighted by molar-refractivity contribution is 6.22. The number of benzene rings is 7. The lowest BCUT2D eigenvalue weighted by molar-refractivity contribution is 0.571. The van der Waals surface area contributed by atoms with Gasteiger partial charge in [0.25, 0.3) is 0 Å². The highest BCUT2D eigenvalue weighted by atomic mass is 16.3. The van der Waals surface area contributed by atoms with E-state index in [1.807, 2.05) is 0 Å². The Balaban J connectivity index is 1.38. The van der Waals surface area contributed by atoms with Crippen LogP contribution in [-0.2, 0) is 0 Å². The molecule has 9 rings (SSSR count). The van der Waals surface area contributed by atoms with E-state index in [9.17, 15) is 0 Å². The summed E-state index contributed by atoms with van der Waals surface area (Å²) in [5.74, 6) is 1.49. The Labute approximate surface area is 265 Å². The number of hydrogen-bond donors (Lipinski definition) is 0. The van der Waals surface area contributed by atoms with Gasteiger partial charge in [-0.05, 0) is 83.9 Å². The molecule has 0 N–H and O–H groups in total. The molecule has 7 aromatic carbocycles.